The number of nitrogens with one attached hydrogen (secondary N) is 1. The highest BCUT2D eigenvalue weighted by atomic mass is 127. The molecule has 144 valence electrons. The number of carbonyl (C=O) groups is 1. The van der Waals surface area contributed by atoms with Gasteiger partial charge in [0.15, 0.2) is 11.5 Å². The van der Waals surface area contributed by atoms with E-state index in [1.807, 2.05) is 66.3 Å². The summed E-state index contributed by atoms with van der Waals surface area (Å²) in [5.41, 5.74) is 4.71. The van der Waals surface area contributed by atoms with Crippen LogP contribution < -0.4 is 14.9 Å². The SMILES string of the molecule is CCOc1c(I)cc(/C=N\NC(=O)c2ccccc2-n2cccc2)cc1OC. The molecule has 0 aliphatic heterocycles. The molecule has 0 radical (unpaired) electrons. The summed E-state index contributed by atoms with van der Waals surface area (Å²) in [6.07, 6.45) is 5.36. The van der Waals surface area contributed by atoms with Crippen LogP contribution in [0.2, 0.25) is 0 Å². The Balaban J connectivity index is 1.77. The van der Waals surface area contributed by atoms with Crippen molar-refractivity contribution < 1.29 is 14.3 Å². The average molecular weight is 489 g/mol. The minimum atomic E-state index is -0.284. The maximum absolute atomic E-state index is 12.6. The Kier molecular flexibility index (Phi) is 6.70. The van der Waals surface area contributed by atoms with E-state index in [0.29, 0.717) is 23.7 Å². The van der Waals surface area contributed by atoms with E-state index in [0.717, 1.165) is 14.8 Å². The third-order valence-electron chi connectivity index (χ3n) is 3.95. The second-order valence-corrected chi connectivity index (χ2v) is 6.94. The molecule has 7 heteroatoms. The molecule has 3 aromatic rings. The topological polar surface area (TPSA) is 64.8 Å². The number of hydrogen-bond acceptors (Lipinski definition) is 4. The number of methoxy groups -OCH3 is 1. The summed E-state index contributed by atoms with van der Waals surface area (Å²) >= 11 is 2.19. The van der Waals surface area contributed by atoms with Crippen LogP contribution in [0.15, 0.2) is 66.0 Å². The number of benzene rings is 2. The lowest BCUT2D eigenvalue weighted by Gasteiger charge is -2.12. The minimum absolute atomic E-state index is 0.284. The number of hydrazone groups is 1. The van der Waals surface area contributed by atoms with Gasteiger partial charge in [0.25, 0.3) is 5.91 Å². The van der Waals surface area contributed by atoms with Crippen LogP contribution in [0.5, 0.6) is 11.5 Å². The molecule has 2 aromatic carbocycles. The highest BCUT2D eigenvalue weighted by Crippen LogP contribution is 2.33. The Morgan fingerprint density at radius 2 is 1.96 bits per heavy atom. The molecule has 1 N–H and O–H groups in total. The van der Waals surface area contributed by atoms with Gasteiger partial charge in [-0.1, -0.05) is 12.1 Å². The van der Waals surface area contributed by atoms with Crippen molar-refractivity contribution in [2.75, 3.05) is 13.7 Å². The lowest BCUT2D eigenvalue weighted by atomic mass is 10.1. The molecule has 6 nitrogen and oxygen atoms in total. The second-order valence-electron chi connectivity index (χ2n) is 5.77. The largest absolute Gasteiger partial charge is 0.493 e. The number of rotatable bonds is 7. The van der Waals surface area contributed by atoms with Gasteiger partial charge in [-0.2, -0.15) is 5.10 Å². The standard InChI is InChI=1S/C21H20IN3O3/c1-3-28-20-17(22)12-15(13-19(20)27-2)14-23-24-21(26)16-8-4-5-9-18(16)25-10-6-7-11-25/h4-14H,3H2,1-2H3,(H,24,26)/b23-14-. The molecular weight excluding hydrogens is 469 g/mol. The fraction of sp³-hybridized carbons (Fsp3) is 0.143. The number of carbonyl (C=O) groups excluding carboxylic acids is 1. The zero-order valence-electron chi connectivity index (χ0n) is 15.6. The van der Waals surface area contributed by atoms with Gasteiger partial charge < -0.3 is 14.0 Å². The van der Waals surface area contributed by atoms with E-state index in [9.17, 15) is 4.79 Å². The Labute approximate surface area is 177 Å². The van der Waals surface area contributed by atoms with E-state index in [1.165, 1.54) is 0 Å². The average Bonchev–Trinajstić information content (AvgIpc) is 3.24. The second kappa shape index (κ2) is 9.41. The van der Waals surface area contributed by atoms with Crippen LogP contribution >= 0.6 is 22.6 Å². The van der Waals surface area contributed by atoms with Crippen molar-refractivity contribution in [3.8, 4) is 17.2 Å². The monoisotopic (exact) mass is 489 g/mol. The third-order valence-corrected chi connectivity index (χ3v) is 4.75. The van der Waals surface area contributed by atoms with E-state index in [2.05, 4.69) is 33.1 Å². The summed E-state index contributed by atoms with van der Waals surface area (Å²) < 4.78 is 13.8. The van der Waals surface area contributed by atoms with Gasteiger partial charge in [-0.15, -0.1) is 0 Å². The molecule has 0 unspecified atom stereocenters. The van der Waals surface area contributed by atoms with Crippen LogP contribution in [0.1, 0.15) is 22.8 Å². The van der Waals surface area contributed by atoms with Crippen LogP contribution in [0.25, 0.3) is 5.69 Å². The Morgan fingerprint density at radius 1 is 1.21 bits per heavy atom. The molecule has 0 aliphatic rings. The first-order valence-corrected chi connectivity index (χ1v) is 9.78. The van der Waals surface area contributed by atoms with Crippen LogP contribution in [0.4, 0.5) is 0 Å². The number of amides is 1. The number of halogens is 1. The lowest BCUT2D eigenvalue weighted by molar-refractivity contribution is 0.0955. The smallest absolute Gasteiger partial charge is 0.273 e. The van der Waals surface area contributed by atoms with Gasteiger partial charge in [0.2, 0.25) is 0 Å². The molecule has 0 aliphatic carbocycles. The molecule has 0 fully saturated rings. The van der Waals surface area contributed by atoms with Crippen molar-refractivity contribution in [2.45, 2.75) is 6.92 Å². The quantitative estimate of drug-likeness (QED) is 0.307. The maximum atomic E-state index is 12.6. The van der Waals surface area contributed by atoms with Gasteiger partial charge in [-0.25, -0.2) is 5.43 Å². The third kappa shape index (κ3) is 4.53. The van der Waals surface area contributed by atoms with Gasteiger partial charge in [0, 0.05) is 12.4 Å². The molecule has 1 heterocycles. The molecule has 1 aromatic heterocycles. The molecule has 1 amide bonds. The molecule has 3 rings (SSSR count). The Bertz CT molecular complexity index is 985. The molecule has 0 bridgehead atoms. The number of nitrogens with zero attached hydrogens (tertiary/aromatic N) is 2. The summed E-state index contributed by atoms with van der Waals surface area (Å²) in [6, 6.07) is 14.9. The molecule has 28 heavy (non-hydrogen) atoms. The molecule has 0 atom stereocenters. The first kappa shape index (κ1) is 19.9. The number of aromatic nitrogens is 1. The summed E-state index contributed by atoms with van der Waals surface area (Å²) in [7, 11) is 1.59. The Hall–Kier alpha value is -2.81. The summed E-state index contributed by atoms with van der Waals surface area (Å²) in [5.74, 6) is 1.04. The predicted molar refractivity (Wildman–Crippen MR) is 118 cm³/mol. The maximum Gasteiger partial charge on any atom is 0.273 e. The van der Waals surface area contributed by atoms with Crippen molar-refractivity contribution in [3.05, 3.63) is 75.6 Å². The van der Waals surface area contributed by atoms with E-state index in [4.69, 9.17) is 9.47 Å². The van der Waals surface area contributed by atoms with Crippen molar-refractivity contribution in [3.63, 3.8) is 0 Å². The van der Waals surface area contributed by atoms with Gasteiger partial charge in [0.1, 0.15) is 0 Å². The van der Waals surface area contributed by atoms with Gasteiger partial charge in [-0.3, -0.25) is 4.79 Å². The molecule has 0 saturated heterocycles. The van der Waals surface area contributed by atoms with E-state index in [-0.39, 0.29) is 5.91 Å². The van der Waals surface area contributed by atoms with E-state index < -0.39 is 0 Å². The Morgan fingerprint density at radius 3 is 2.68 bits per heavy atom. The van der Waals surface area contributed by atoms with Crippen molar-refractivity contribution in [2.24, 2.45) is 5.10 Å². The minimum Gasteiger partial charge on any atom is -0.493 e. The van der Waals surface area contributed by atoms with Gasteiger partial charge in [0.05, 0.1) is 34.8 Å². The molecule has 0 spiro atoms. The summed E-state index contributed by atoms with van der Waals surface area (Å²) in [4.78, 5) is 12.6. The van der Waals surface area contributed by atoms with E-state index >= 15 is 0 Å². The van der Waals surface area contributed by atoms with Crippen molar-refractivity contribution in [1.29, 1.82) is 0 Å². The summed E-state index contributed by atoms with van der Waals surface area (Å²) in [6.45, 7) is 2.47. The van der Waals surface area contributed by atoms with Gasteiger partial charge in [-0.05, 0) is 71.5 Å². The van der Waals surface area contributed by atoms with E-state index in [1.54, 1.807) is 19.4 Å². The van der Waals surface area contributed by atoms with Crippen molar-refractivity contribution >= 4 is 34.7 Å². The van der Waals surface area contributed by atoms with Crippen LogP contribution in [-0.4, -0.2) is 30.4 Å². The highest BCUT2D eigenvalue weighted by Gasteiger charge is 2.12. The molecular formula is C21H20IN3O3. The fourth-order valence-electron chi connectivity index (χ4n) is 2.71. The highest BCUT2D eigenvalue weighted by molar-refractivity contribution is 14.1. The number of ether oxygens (including phenoxy) is 2. The number of para-hydroxylation sites is 1. The molecule has 0 saturated carbocycles. The van der Waals surface area contributed by atoms with Crippen molar-refractivity contribution in [1.82, 2.24) is 9.99 Å². The predicted octanol–water partition coefficient (Wildman–Crippen LogP) is 4.25. The first-order valence-electron chi connectivity index (χ1n) is 8.70. The van der Waals surface area contributed by atoms with Crippen LogP contribution in [-0.2, 0) is 0 Å². The summed E-state index contributed by atoms with van der Waals surface area (Å²) in [5, 5.41) is 4.10. The number of hydrogen-bond donors (Lipinski definition) is 1. The van der Waals surface area contributed by atoms with Gasteiger partial charge >= 0.3 is 0 Å². The lowest BCUT2D eigenvalue weighted by Crippen LogP contribution is -2.19. The normalized spacial score (nSPS) is 10.8. The first-order chi connectivity index (χ1) is 13.6. The van der Waals surface area contributed by atoms with Crippen LogP contribution in [0.3, 0.4) is 0 Å². The zero-order chi connectivity index (χ0) is 19.9. The van der Waals surface area contributed by atoms with Crippen LogP contribution in [0, 0.1) is 3.57 Å². The zero-order valence-corrected chi connectivity index (χ0v) is 17.7. The fourth-order valence-corrected chi connectivity index (χ4v) is 3.49.